The monoisotopic (exact) mass is 316 g/mol. The van der Waals surface area contributed by atoms with Crippen molar-refractivity contribution >= 4 is 34.1 Å². The summed E-state index contributed by atoms with van der Waals surface area (Å²) in [4.78, 5) is 3.55. The van der Waals surface area contributed by atoms with E-state index in [1.807, 2.05) is 36.4 Å². The fourth-order valence-corrected chi connectivity index (χ4v) is 3.54. The van der Waals surface area contributed by atoms with E-state index in [0.717, 1.165) is 28.5 Å². The quantitative estimate of drug-likeness (QED) is 0.668. The predicted molar refractivity (Wildman–Crippen MR) is 88.3 cm³/mol. The van der Waals surface area contributed by atoms with Gasteiger partial charge < -0.3 is 10.3 Å². The average molecular weight is 317 g/mol. The molecule has 0 aliphatic carbocycles. The summed E-state index contributed by atoms with van der Waals surface area (Å²) in [6.07, 6.45) is 1.01. The molecule has 0 bridgehead atoms. The fourth-order valence-electron chi connectivity index (χ4n) is 3.17. The molecule has 1 aliphatic heterocycles. The van der Waals surface area contributed by atoms with Gasteiger partial charge in [0.05, 0.1) is 6.04 Å². The second kappa shape index (κ2) is 5.06. The van der Waals surface area contributed by atoms with Crippen molar-refractivity contribution in [1.82, 2.24) is 10.3 Å². The maximum atomic E-state index is 6.15. The summed E-state index contributed by atoms with van der Waals surface area (Å²) in [5.41, 5.74) is 4.90. The second-order valence-corrected chi connectivity index (χ2v) is 6.27. The minimum atomic E-state index is 0.152. The molecule has 0 fully saturated rings. The molecule has 106 valence electrons. The zero-order valence-electron chi connectivity index (χ0n) is 11.3. The van der Waals surface area contributed by atoms with Crippen molar-refractivity contribution in [2.75, 3.05) is 6.54 Å². The molecule has 1 atom stereocenters. The van der Waals surface area contributed by atoms with E-state index in [1.54, 1.807) is 0 Å². The molecule has 1 aromatic heterocycles. The molecule has 1 unspecified atom stereocenters. The van der Waals surface area contributed by atoms with Gasteiger partial charge in [-0.25, -0.2) is 0 Å². The Balaban J connectivity index is 1.90. The number of benzene rings is 2. The molecule has 4 rings (SSSR count). The van der Waals surface area contributed by atoms with Crippen LogP contribution in [-0.2, 0) is 6.42 Å². The van der Waals surface area contributed by atoms with Gasteiger partial charge in [-0.3, -0.25) is 0 Å². The molecule has 2 heterocycles. The van der Waals surface area contributed by atoms with E-state index in [-0.39, 0.29) is 6.04 Å². The van der Waals surface area contributed by atoms with Crippen LogP contribution < -0.4 is 5.32 Å². The number of nitrogens with one attached hydrogen (secondary N) is 2. The molecule has 0 amide bonds. The molecule has 2 aromatic carbocycles. The lowest BCUT2D eigenvalue weighted by Crippen LogP contribution is -2.30. The minimum Gasteiger partial charge on any atom is -0.357 e. The zero-order chi connectivity index (χ0) is 14.4. The maximum Gasteiger partial charge on any atom is 0.0732 e. The molecular weight excluding hydrogens is 303 g/mol. The van der Waals surface area contributed by atoms with Crippen LogP contribution in [0.25, 0.3) is 10.9 Å². The van der Waals surface area contributed by atoms with Crippen LogP contribution in [0.2, 0.25) is 10.0 Å². The molecule has 0 saturated heterocycles. The molecule has 0 spiro atoms. The Labute approximate surface area is 133 Å². The van der Waals surface area contributed by atoms with Crippen LogP contribution in [0.1, 0.15) is 22.9 Å². The third-order valence-electron chi connectivity index (χ3n) is 4.10. The van der Waals surface area contributed by atoms with Gasteiger partial charge in [-0.15, -0.1) is 0 Å². The molecule has 21 heavy (non-hydrogen) atoms. The molecule has 2 nitrogen and oxygen atoms in total. The van der Waals surface area contributed by atoms with Crippen LogP contribution in [-0.4, -0.2) is 11.5 Å². The first-order valence-electron chi connectivity index (χ1n) is 7.01. The summed E-state index contributed by atoms with van der Waals surface area (Å²) in [6.45, 7) is 0.948. The fraction of sp³-hybridized carbons (Fsp3) is 0.176. The minimum absolute atomic E-state index is 0.152. The molecule has 4 heteroatoms. The molecule has 0 saturated carbocycles. The lowest BCUT2D eigenvalue weighted by molar-refractivity contribution is 0.560. The Morgan fingerprint density at radius 3 is 2.71 bits per heavy atom. The first kappa shape index (κ1) is 13.2. The topological polar surface area (TPSA) is 27.8 Å². The van der Waals surface area contributed by atoms with E-state index < -0.39 is 0 Å². The van der Waals surface area contributed by atoms with Gasteiger partial charge in [-0.2, -0.15) is 0 Å². The standard InChI is InChI=1S/C17H14Cl2N2/c18-11-3-1-2-10(8-11)16-17-13(6-7-20-16)14-9-12(19)4-5-15(14)21-17/h1-5,8-9,16,20-21H,6-7H2. The normalized spacial score (nSPS) is 17.9. The molecule has 3 aromatic rings. The van der Waals surface area contributed by atoms with Crippen molar-refractivity contribution in [2.45, 2.75) is 12.5 Å². The van der Waals surface area contributed by atoms with Crippen molar-refractivity contribution in [3.8, 4) is 0 Å². The van der Waals surface area contributed by atoms with Crippen LogP contribution >= 0.6 is 23.2 Å². The van der Waals surface area contributed by atoms with Gasteiger partial charge in [-0.05, 0) is 47.9 Å². The number of aromatic amines is 1. The van der Waals surface area contributed by atoms with Crippen LogP contribution in [0.5, 0.6) is 0 Å². The number of fused-ring (bicyclic) bond motifs is 3. The maximum absolute atomic E-state index is 6.15. The lowest BCUT2D eigenvalue weighted by Gasteiger charge is -2.25. The number of hydrogen-bond donors (Lipinski definition) is 2. The first-order chi connectivity index (χ1) is 10.2. The Bertz CT molecular complexity index is 823. The first-order valence-corrected chi connectivity index (χ1v) is 7.77. The zero-order valence-corrected chi connectivity index (χ0v) is 12.8. The Kier molecular flexibility index (Phi) is 3.18. The van der Waals surface area contributed by atoms with Crippen LogP contribution in [0, 0.1) is 0 Å². The Morgan fingerprint density at radius 1 is 1.00 bits per heavy atom. The van der Waals surface area contributed by atoms with Crippen molar-refractivity contribution in [2.24, 2.45) is 0 Å². The van der Waals surface area contributed by atoms with Gasteiger partial charge in [0.1, 0.15) is 0 Å². The van der Waals surface area contributed by atoms with Crippen LogP contribution in [0.4, 0.5) is 0 Å². The van der Waals surface area contributed by atoms with Gasteiger partial charge in [0.15, 0.2) is 0 Å². The smallest absolute Gasteiger partial charge is 0.0732 e. The van der Waals surface area contributed by atoms with E-state index in [9.17, 15) is 0 Å². The third-order valence-corrected chi connectivity index (χ3v) is 4.57. The predicted octanol–water partition coefficient (Wildman–Crippen LogP) is 4.71. The summed E-state index contributed by atoms with van der Waals surface area (Å²) in [6, 6.07) is 14.2. The highest BCUT2D eigenvalue weighted by atomic mass is 35.5. The summed E-state index contributed by atoms with van der Waals surface area (Å²) in [5.74, 6) is 0. The van der Waals surface area contributed by atoms with Gasteiger partial charge in [-0.1, -0.05) is 35.3 Å². The van der Waals surface area contributed by atoms with Crippen LogP contribution in [0.3, 0.4) is 0 Å². The number of H-pyrrole nitrogens is 1. The lowest BCUT2D eigenvalue weighted by atomic mass is 9.94. The molecular formula is C17H14Cl2N2. The number of aromatic nitrogens is 1. The van der Waals surface area contributed by atoms with Crippen molar-refractivity contribution in [3.63, 3.8) is 0 Å². The second-order valence-electron chi connectivity index (χ2n) is 5.40. The SMILES string of the molecule is Clc1cccc(C2NCCc3c2[nH]c2ccc(Cl)cc32)c1. The average Bonchev–Trinajstić information content (AvgIpc) is 2.85. The Hall–Kier alpha value is -1.48. The summed E-state index contributed by atoms with van der Waals surface area (Å²) >= 11 is 12.3. The number of halogens is 2. The van der Waals surface area contributed by atoms with Crippen molar-refractivity contribution in [1.29, 1.82) is 0 Å². The largest absolute Gasteiger partial charge is 0.357 e. The van der Waals surface area contributed by atoms with E-state index in [0.29, 0.717) is 0 Å². The van der Waals surface area contributed by atoms with Gasteiger partial charge in [0.2, 0.25) is 0 Å². The van der Waals surface area contributed by atoms with E-state index in [4.69, 9.17) is 23.2 Å². The highest BCUT2D eigenvalue weighted by Crippen LogP contribution is 2.35. The van der Waals surface area contributed by atoms with E-state index in [2.05, 4.69) is 16.4 Å². The number of hydrogen-bond acceptors (Lipinski definition) is 1. The highest BCUT2D eigenvalue weighted by Gasteiger charge is 2.25. The van der Waals surface area contributed by atoms with Crippen molar-refractivity contribution < 1.29 is 0 Å². The van der Waals surface area contributed by atoms with E-state index >= 15 is 0 Å². The van der Waals surface area contributed by atoms with Gasteiger partial charge in [0, 0.05) is 33.2 Å². The molecule has 0 radical (unpaired) electrons. The third kappa shape index (κ3) is 2.24. The highest BCUT2D eigenvalue weighted by molar-refractivity contribution is 6.31. The molecule has 1 aliphatic rings. The molecule has 2 N–H and O–H groups in total. The summed E-state index contributed by atoms with van der Waals surface area (Å²) < 4.78 is 0. The number of rotatable bonds is 1. The van der Waals surface area contributed by atoms with Crippen molar-refractivity contribution in [3.05, 3.63) is 69.3 Å². The van der Waals surface area contributed by atoms with Gasteiger partial charge in [0.25, 0.3) is 0 Å². The summed E-state index contributed by atoms with van der Waals surface area (Å²) in [7, 11) is 0. The summed E-state index contributed by atoms with van der Waals surface area (Å²) in [5, 5.41) is 6.34. The Morgan fingerprint density at radius 2 is 1.86 bits per heavy atom. The van der Waals surface area contributed by atoms with Gasteiger partial charge >= 0.3 is 0 Å². The van der Waals surface area contributed by atoms with E-state index in [1.165, 1.54) is 22.2 Å². The van der Waals surface area contributed by atoms with Crippen LogP contribution in [0.15, 0.2) is 42.5 Å².